The molecule has 0 fully saturated rings. The van der Waals surface area contributed by atoms with Crippen LogP contribution >= 0.6 is 22.6 Å². The highest BCUT2D eigenvalue weighted by molar-refractivity contribution is 14.1. The number of sulfonamides is 1. The molecule has 146 valence electrons. The second-order valence-corrected chi connectivity index (χ2v) is 8.94. The van der Waals surface area contributed by atoms with E-state index in [0.717, 1.165) is 9.13 Å². The van der Waals surface area contributed by atoms with Crippen molar-refractivity contribution in [2.75, 3.05) is 23.7 Å². The van der Waals surface area contributed by atoms with Gasteiger partial charge in [0.15, 0.2) is 5.82 Å². The first-order valence-corrected chi connectivity index (χ1v) is 11.0. The van der Waals surface area contributed by atoms with Crippen LogP contribution in [0.2, 0.25) is 0 Å². The first-order chi connectivity index (χ1) is 13.4. The number of anilines is 3. The predicted molar refractivity (Wildman–Crippen MR) is 117 cm³/mol. The molecule has 3 rings (SSSR count). The van der Waals surface area contributed by atoms with Gasteiger partial charge in [0.2, 0.25) is 10.0 Å². The third-order valence-electron chi connectivity index (χ3n) is 3.68. The summed E-state index contributed by atoms with van der Waals surface area (Å²) in [5, 5.41) is 14.3. The van der Waals surface area contributed by atoms with E-state index >= 15 is 0 Å². The van der Waals surface area contributed by atoms with Crippen LogP contribution in [0.5, 0.6) is 0 Å². The maximum absolute atomic E-state index is 12.2. The lowest BCUT2D eigenvalue weighted by atomic mass is 10.3. The van der Waals surface area contributed by atoms with Crippen LogP contribution in [-0.4, -0.2) is 36.7 Å². The lowest BCUT2D eigenvalue weighted by Crippen LogP contribution is -2.29. The van der Waals surface area contributed by atoms with Crippen molar-refractivity contribution in [2.24, 2.45) is 0 Å². The van der Waals surface area contributed by atoms with Gasteiger partial charge in [0.1, 0.15) is 11.6 Å². The van der Waals surface area contributed by atoms with Crippen molar-refractivity contribution in [3.8, 4) is 0 Å². The van der Waals surface area contributed by atoms with E-state index < -0.39 is 10.0 Å². The van der Waals surface area contributed by atoms with Crippen LogP contribution in [0, 0.1) is 10.5 Å². The van der Waals surface area contributed by atoms with Crippen LogP contribution in [0.1, 0.15) is 5.56 Å². The molecule has 0 saturated heterocycles. The van der Waals surface area contributed by atoms with Crippen LogP contribution in [0.3, 0.4) is 0 Å². The summed E-state index contributed by atoms with van der Waals surface area (Å²) in [5.74, 6) is 1.82. The summed E-state index contributed by atoms with van der Waals surface area (Å²) in [5.41, 5.74) is 1.09. The highest BCUT2D eigenvalue weighted by Crippen LogP contribution is 2.14. The molecule has 0 atom stereocenters. The summed E-state index contributed by atoms with van der Waals surface area (Å²) in [6.45, 7) is 2.59. The Labute approximate surface area is 177 Å². The average molecular weight is 510 g/mol. The summed E-state index contributed by atoms with van der Waals surface area (Å²) in [6, 6.07) is 14.0. The smallest absolute Gasteiger partial charge is 0.240 e. The summed E-state index contributed by atoms with van der Waals surface area (Å²) in [6.07, 6.45) is 1.72. The second-order valence-electron chi connectivity index (χ2n) is 5.93. The molecule has 3 aromatic rings. The van der Waals surface area contributed by atoms with Gasteiger partial charge in [0.05, 0.1) is 4.90 Å². The molecular weight excluding hydrogens is 491 g/mol. The van der Waals surface area contributed by atoms with Crippen LogP contribution in [0.4, 0.5) is 17.5 Å². The molecule has 0 aliphatic rings. The predicted octanol–water partition coefficient (Wildman–Crippen LogP) is 2.92. The van der Waals surface area contributed by atoms with Gasteiger partial charge < -0.3 is 10.6 Å². The fourth-order valence-corrected chi connectivity index (χ4v) is 3.69. The number of hydrogen-bond donors (Lipinski definition) is 3. The van der Waals surface area contributed by atoms with Crippen molar-refractivity contribution in [1.82, 2.24) is 19.9 Å². The quantitative estimate of drug-likeness (QED) is 0.316. The number of pyridine rings is 1. The van der Waals surface area contributed by atoms with E-state index in [1.807, 2.05) is 19.1 Å². The molecule has 2 heterocycles. The van der Waals surface area contributed by atoms with Gasteiger partial charge in [-0.1, -0.05) is 0 Å². The fraction of sp³-hybridized carbons (Fsp3) is 0.167. The third-order valence-corrected chi connectivity index (χ3v) is 5.88. The minimum absolute atomic E-state index is 0.225. The van der Waals surface area contributed by atoms with E-state index in [-0.39, 0.29) is 11.4 Å². The Morgan fingerprint density at radius 1 is 0.929 bits per heavy atom. The van der Waals surface area contributed by atoms with E-state index in [1.165, 1.54) is 0 Å². The molecule has 2 aromatic heterocycles. The van der Waals surface area contributed by atoms with Gasteiger partial charge in [0.25, 0.3) is 0 Å². The number of aromatic nitrogens is 3. The van der Waals surface area contributed by atoms with Crippen molar-refractivity contribution in [3.63, 3.8) is 0 Å². The molecule has 28 heavy (non-hydrogen) atoms. The maximum atomic E-state index is 12.2. The monoisotopic (exact) mass is 510 g/mol. The minimum atomic E-state index is -3.52. The molecule has 0 unspecified atom stereocenters. The van der Waals surface area contributed by atoms with Crippen LogP contribution < -0.4 is 15.4 Å². The first-order valence-electron chi connectivity index (χ1n) is 8.45. The molecule has 10 heteroatoms. The van der Waals surface area contributed by atoms with Crippen molar-refractivity contribution in [2.45, 2.75) is 11.8 Å². The Kier molecular flexibility index (Phi) is 6.75. The van der Waals surface area contributed by atoms with Gasteiger partial charge in [0, 0.05) is 22.9 Å². The molecule has 0 aliphatic heterocycles. The largest absolute Gasteiger partial charge is 0.367 e. The summed E-state index contributed by atoms with van der Waals surface area (Å²) >= 11 is 2.13. The van der Waals surface area contributed by atoms with Crippen LogP contribution in [0.25, 0.3) is 0 Å². The molecule has 0 spiro atoms. The number of rotatable bonds is 8. The Morgan fingerprint density at radius 2 is 1.64 bits per heavy atom. The topological polar surface area (TPSA) is 109 Å². The van der Waals surface area contributed by atoms with Gasteiger partial charge in [-0.2, -0.15) is 0 Å². The number of halogens is 1. The number of benzene rings is 1. The van der Waals surface area contributed by atoms with E-state index in [2.05, 4.69) is 53.1 Å². The third kappa shape index (κ3) is 5.84. The van der Waals surface area contributed by atoms with Gasteiger partial charge in [-0.3, -0.25) is 0 Å². The Morgan fingerprint density at radius 3 is 2.32 bits per heavy atom. The zero-order chi connectivity index (χ0) is 20.0. The zero-order valence-electron chi connectivity index (χ0n) is 15.1. The fourth-order valence-electron chi connectivity index (χ4n) is 2.30. The standard InChI is InChI=1S/C18H19IN6O2S/c1-13-8-9-20-18(12-13)23-17-7-6-16(24-25-17)21-10-11-22-28(26,27)15-4-2-14(19)3-5-15/h2-9,12,22H,10-11H2,1H3,(H,21,24)(H,20,23,25). The van der Waals surface area contributed by atoms with Crippen LogP contribution in [-0.2, 0) is 10.0 Å². The van der Waals surface area contributed by atoms with E-state index in [1.54, 1.807) is 42.6 Å². The summed E-state index contributed by atoms with van der Waals surface area (Å²) in [7, 11) is -3.52. The van der Waals surface area contributed by atoms with Crippen molar-refractivity contribution >= 4 is 50.1 Å². The maximum Gasteiger partial charge on any atom is 0.240 e. The highest BCUT2D eigenvalue weighted by atomic mass is 127. The Hall–Kier alpha value is -2.31. The van der Waals surface area contributed by atoms with E-state index in [9.17, 15) is 8.42 Å². The molecule has 0 saturated carbocycles. The summed E-state index contributed by atoms with van der Waals surface area (Å²) < 4.78 is 28.0. The van der Waals surface area contributed by atoms with Gasteiger partial charge in [-0.05, 0) is 83.6 Å². The normalized spacial score (nSPS) is 11.2. The van der Waals surface area contributed by atoms with E-state index in [4.69, 9.17) is 0 Å². The van der Waals surface area contributed by atoms with Gasteiger partial charge in [-0.15, -0.1) is 10.2 Å². The van der Waals surface area contributed by atoms with E-state index in [0.29, 0.717) is 24.0 Å². The van der Waals surface area contributed by atoms with Crippen molar-refractivity contribution in [1.29, 1.82) is 0 Å². The van der Waals surface area contributed by atoms with Crippen molar-refractivity contribution < 1.29 is 8.42 Å². The minimum Gasteiger partial charge on any atom is -0.367 e. The second kappa shape index (κ2) is 9.26. The number of hydrogen-bond acceptors (Lipinski definition) is 7. The van der Waals surface area contributed by atoms with Crippen LogP contribution in [0.15, 0.2) is 59.6 Å². The zero-order valence-corrected chi connectivity index (χ0v) is 18.0. The molecule has 0 amide bonds. The molecule has 0 bridgehead atoms. The lowest BCUT2D eigenvalue weighted by molar-refractivity contribution is 0.583. The Bertz CT molecular complexity index is 1030. The molecule has 0 radical (unpaired) electrons. The number of nitrogens with one attached hydrogen (secondary N) is 3. The molecule has 3 N–H and O–H groups in total. The van der Waals surface area contributed by atoms with Gasteiger partial charge in [-0.25, -0.2) is 18.1 Å². The molecule has 8 nitrogen and oxygen atoms in total. The molecular formula is C18H19IN6O2S. The molecule has 1 aromatic carbocycles. The first kappa shape index (κ1) is 20.4. The average Bonchev–Trinajstić information content (AvgIpc) is 2.67. The lowest BCUT2D eigenvalue weighted by Gasteiger charge is -2.09. The van der Waals surface area contributed by atoms with Gasteiger partial charge >= 0.3 is 0 Å². The molecule has 0 aliphatic carbocycles. The number of nitrogens with zero attached hydrogens (tertiary/aromatic N) is 3. The SMILES string of the molecule is Cc1ccnc(Nc2ccc(NCCNS(=O)(=O)c3ccc(I)cc3)nn2)c1. The summed E-state index contributed by atoms with van der Waals surface area (Å²) in [4.78, 5) is 4.45. The Balaban J connectivity index is 1.48. The van der Waals surface area contributed by atoms with Crippen molar-refractivity contribution in [3.05, 3.63) is 63.9 Å². The highest BCUT2D eigenvalue weighted by Gasteiger charge is 2.12. The number of aryl methyl sites for hydroxylation is 1.